The highest BCUT2D eigenvalue weighted by Crippen LogP contribution is 2.30. The van der Waals surface area contributed by atoms with E-state index in [1.807, 2.05) is 35.7 Å². The first-order valence-electron chi connectivity index (χ1n) is 8.49. The van der Waals surface area contributed by atoms with Gasteiger partial charge in [0.05, 0.1) is 10.6 Å². The van der Waals surface area contributed by atoms with Crippen molar-refractivity contribution in [1.29, 1.82) is 0 Å². The van der Waals surface area contributed by atoms with E-state index < -0.39 is 0 Å². The summed E-state index contributed by atoms with van der Waals surface area (Å²) in [5.41, 5.74) is 6.10. The second-order valence-corrected chi connectivity index (χ2v) is 7.28. The third-order valence-electron chi connectivity index (χ3n) is 4.67. The molecule has 2 atom stereocenters. The zero-order valence-electron chi connectivity index (χ0n) is 14.2. The quantitative estimate of drug-likeness (QED) is 0.754. The average molecular weight is 353 g/mol. The van der Waals surface area contributed by atoms with Gasteiger partial charge in [-0.1, -0.05) is 32.4 Å². The van der Waals surface area contributed by atoms with Gasteiger partial charge in [0.2, 0.25) is 11.8 Å². The molecule has 3 aromatic rings. The van der Waals surface area contributed by atoms with Crippen LogP contribution in [0.4, 0.5) is 0 Å². The number of rotatable bonds is 4. The number of thiophene rings is 1. The topological polar surface area (TPSA) is 67.5 Å². The highest BCUT2D eigenvalue weighted by Gasteiger charge is 2.32. The Labute approximate surface area is 149 Å². The zero-order chi connectivity index (χ0) is 17.4. The van der Waals surface area contributed by atoms with Crippen molar-refractivity contribution in [3.8, 4) is 10.8 Å². The normalized spacial score (nSPS) is 20.6. The van der Waals surface area contributed by atoms with E-state index in [-0.39, 0.29) is 17.7 Å². The van der Waals surface area contributed by atoms with Gasteiger partial charge in [-0.25, -0.2) is 10.4 Å². The van der Waals surface area contributed by atoms with Crippen molar-refractivity contribution in [2.75, 3.05) is 0 Å². The maximum atomic E-state index is 12.1. The van der Waals surface area contributed by atoms with E-state index >= 15 is 0 Å². The highest BCUT2D eigenvalue weighted by atomic mass is 32.1. The minimum atomic E-state index is -0.0374. The lowest BCUT2D eigenvalue weighted by atomic mass is 9.82. The number of hydrazone groups is 1. The fourth-order valence-corrected chi connectivity index (χ4v) is 3.98. The third-order valence-corrected chi connectivity index (χ3v) is 5.53. The molecule has 128 valence electrons. The lowest BCUT2D eigenvalue weighted by Gasteiger charge is -2.27. The van der Waals surface area contributed by atoms with Crippen molar-refractivity contribution in [3.63, 3.8) is 0 Å². The molecule has 0 saturated carbocycles. The molecule has 0 fully saturated rings. The maximum Gasteiger partial charge on any atom is 0.243 e. The van der Waals surface area contributed by atoms with Gasteiger partial charge >= 0.3 is 0 Å². The van der Waals surface area contributed by atoms with E-state index in [0.29, 0.717) is 5.89 Å². The number of hydrogen-bond acceptors (Lipinski definition) is 5. The fourth-order valence-electron chi connectivity index (χ4n) is 3.33. The van der Waals surface area contributed by atoms with Crippen molar-refractivity contribution >= 4 is 34.1 Å². The maximum absolute atomic E-state index is 12.1. The molecular weight excluding hydrogens is 334 g/mol. The van der Waals surface area contributed by atoms with E-state index in [1.54, 1.807) is 11.3 Å². The van der Waals surface area contributed by atoms with E-state index in [4.69, 9.17) is 4.42 Å². The first-order chi connectivity index (χ1) is 12.2. The number of nitrogens with zero attached hydrogens (tertiary/aromatic N) is 2. The Bertz CT molecular complexity index is 943. The molecule has 0 spiro atoms. The summed E-state index contributed by atoms with van der Waals surface area (Å²) in [4.78, 5) is 17.6. The van der Waals surface area contributed by atoms with Crippen LogP contribution in [0.1, 0.15) is 32.3 Å². The lowest BCUT2D eigenvalue weighted by molar-refractivity contribution is -0.126. The number of nitrogens with one attached hydrogen (secondary N) is 1. The number of hydrogen-bond donors (Lipinski definition) is 1. The van der Waals surface area contributed by atoms with Gasteiger partial charge in [-0.15, -0.1) is 11.3 Å². The molecule has 3 heterocycles. The molecule has 0 saturated heterocycles. The van der Waals surface area contributed by atoms with Crippen LogP contribution in [-0.4, -0.2) is 16.6 Å². The summed E-state index contributed by atoms with van der Waals surface area (Å²) in [5.74, 6) is 0.687. The summed E-state index contributed by atoms with van der Waals surface area (Å²) in [6.07, 6.45) is 1.83. The smallest absolute Gasteiger partial charge is 0.243 e. The number of carbonyl (C=O) groups excluding carboxylic acids is 1. The third kappa shape index (κ3) is 2.87. The predicted octanol–water partition coefficient (Wildman–Crippen LogP) is 4.44. The Kier molecular flexibility index (Phi) is 4.13. The van der Waals surface area contributed by atoms with Crippen molar-refractivity contribution in [1.82, 2.24) is 10.4 Å². The summed E-state index contributed by atoms with van der Waals surface area (Å²) in [7, 11) is 0. The molecular formula is C19H19N3O2S. The summed E-state index contributed by atoms with van der Waals surface area (Å²) < 4.78 is 5.93. The lowest BCUT2D eigenvalue weighted by Crippen LogP contribution is -2.40. The molecule has 1 aromatic carbocycles. The van der Waals surface area contributed by atoms with Gasteiger partial charge in [0.1, 0.15) is 5.52 Å². The van der Waals surface area contributed by atoms with E-state index in [0.717, 1.165) is 40.1 Å². The molecule has 0 bridgehead atoms. The van der Waals surface area contributed by atoms with Gasteiger partial charge in [-0.05, 0) is 30.0 Å². The summed E-state index contributed by atoms with van der Waals surface area (Å²) in [6.45, 7) is 4.16. The van der Waals surface area contributed by atoms with Crippen LogP contribution in [0.25, 0.3) is 21.9 Å². The standard InChI is InChI=1S/C19H19N3O2S/c1-3-5-13-11(2)17(21-22-18(13)23)12-7-8-14-15(10-12)24-19(20-14)16-6-4-9-25-16/h4,6-11,13H,3,5H2,1-2H3,(H,22,23). The first kappa shape index (κ1) is 16.0. The minimum Gasteiger partial charge on any atom is -0.435 e. The van der Waals surface area contributed by atoms with Gasteiger partial charge < -0.3 is 4.42 Å². The molecule has 25 heavy (non-hydrogen) atoms. The Morgan fingerprint density at radius 2 is 2.20 bits per heavy atom. The Morgan fingerprint density at radius 1 is 1.32 bits per heavy atom. The Morgan fingerprint density at radius 3 is 2.96 bits per heavy atom. The summed E-state index contributed by atoms with van der Waals surface area (Å²) >= 11 is 1.60. The van der Waals surface area contributed by atoms with Gasteiger partial charge in [-0.3, -0.25) is 4.79 Å². The Hall–Kier alpha value is -2.47. The van der Waals surface area contributed by atoms with Gasteiger partial charge in [-0.2, -0.15) is 5.10 Å². The van der Waals surface area contributed by atoms with E-state index in [2.05, 4.69) is 29.4 Å². The first-order valence-corrected chi connectivity index (χ1v) is 9.37. The molecule has 4 rings (SSSR count). The van der Waals surface area contributed by atoms with Crippen LogP contribution in [0, 0.1) is 11.8 Å². The second-order valence-electron chi connectivity index (χ2n) is 6.34. The number of aromatic nitrogens is 1. The van der Waals surface area contributed by atoms with E-state index in [1.165, 1.54) is 0 Å². The van der Waals surface area contributed by atoms with Gasteiger partial charge in [0.25, 0.3) is 0 Å². The molecule has 2 unspecified atom stereocenters. The molecule has 1 N–H and O–H groups in total. The molecule has 6 heteroatoms. The number of carbonyl (C=O) groups is 1. The minimum absolute atomic E-state index is 0.0128. The molecule has 0 aliphatic carbocycles. The average Bonchev–Trinajstić information content (AvgIpc) is 3.26. The number of oxazole rings is 1. The summed E-state index contributed by atoms with van der Waals surface area (Å²) in [6, 6.07) is 9.89. The SMILES string of the molecule is CCCC1C(=O)NN=C(c2ccc3nc(-c4cccs4)oc3c2)C1C. The number of fused-ring (bicyclic) bond motifs is 1. The predicted molar refractivity (Wildman–Crippen MR) is 99.6 cm³/mol. The van der Waals surface area contributed by atoms with Crippen molar-refractivity contribution in [2.45, 2.75) is 26.7 Å². The van der Waals surface area contributed by atoms with Crippen LogP contribution in [0.2, 0.25) is 0 Å². The van der Waals surface area contributed by atoms with Gasteiger partial charge in [0.15, 0.2) is 5.58 Å². The monoisotopic (exact) mass is 353 g/mol. The van der Waals surface area contributed by atoms with Crippen LogP contribution in [-0.2, 0) is 4.79 Å². The highest BCUT2D eigenvalue weighted by molar-refractivity contribution is 7.13. The summed E-state index contributed by atoms with van der Waals surface area (Å²) in [5, 5.41) is 6.32. The molecule has 1 amide bonds. The van der Waals surface area contributed by atoms with Crippen LogP contribution >= 0.6 is 11.3 Å². The van der Waals surface area contributed by atoms with Crippen LogP contribution < -0.4 is 5.43 Å². The largest absolute Gasteiger partial charge is 0.435 e. The number of amides is 1. The zero-order valence-corrected chi connectivity index (χ0v) is 15.0. The molecule has 0 radical (unpaired) electrons. The number of benzene rings is 1. The fraction of sp³-hybridized carbons (Fsp3) is 0.316. The molecule has 1 aliphatic heterocycles. The second kappa shape index (κ2) is 6.44. The van der Waals surface area contributed by atoms with Crippen molar-refractivity contribution in [3.05, 3.63) is 41.3 Å². The van der Waals surface area contributed by atoms with Crippen LogP contribution in [0.3, 0.4) is 0 Å². The molecule has 5 nitrogen and oxygen atoms in total. The molecule has 1 aliphatic rings. The van der Waals surface area contributed by atoms with Crippen LogP contribution in [0.5, 0.6) is 0 Å². The van der Waals surface area contributed by atoms with Crippen molar-refractivity contribution < 1.29 is 9.21 Å². The van der Waals surface area contributed by atoms with E-state index in [9.17, 15) is 4.79 Å². The Balaban J connectivity index is 1.70. The van der Waals surface area contributed by atoms with Gasteiger partial charge in [0, 0.05) is 17.4 Å². The molecule has 2 aromatic heterocycles. The van der Waals surface area contributed by atoms with Crippen LogP contribution in [0.15, 0.2) is 45.2 Å². The van der Waals surface area contributed by atoms with Crippen molar-refractivity contribution in [2.24, 2.45) is 16.9 Å².